The molecular formula is C35H34N4O. The monoisotopic (exact) mass is 526 g/mol. The zero-order valence-electron chi connectivity index (χ0n) is 23.3. The highest BCUT2D eigenvalue weighted by molar-refractivity contribution is 5.72. The fraction of sp³-hybridized carbons (Fsp3) is 0.200. The van der Waals surface area contributed by atoms with Crippen LogP contribution in [0.3, 0.4) is 0 Å². The summed E-state index contributed by atoms with van der Waals surface area (Å²) >= 11 is 0. The molecule has 0 atom stereocenters. The van der Waals surface area contributed by atoms with E-state index < -0.39 is 0 Å². The van der Waals surface area contributed by atoms with E-state index in [9.17, 15) is 0 Å². The lowest BCUT2D eigenvalue weighted by Crippen LogP contribution is -2.03. The van der Waals surface area contributed by atoms with Gasteiger partial charge in [-0.15, -0.1) is 0 Å². The lowest BCUT2D eigenvalue weighted by molar-refractivity contribution is 0.302. The summed E-state index contributed by atoms with van der Waals surface area (Å²) in [7, 11) is 0. The molecule has 2 aromatic heterocycles. The van der Waals surface area contributed by atoms with Crippen LogP contribution in [0.1, 0.15) is 44.5 Å². The van der Waals surface area contributed by atoms with Crippen LogP contribution in [0, 0.1) is 20.8 Å². The van der Waals surface area contributed by atoms with Crippen molar-refractivity contribution in [3.05, 3.63) is 130 Å². The number of allylic oxidation sites excluding steroid dienone is 2. The normalized spacial score (nSPS) is 13.6. The summed E-state index contributed by atoms with van der Waals surface area (Å²) in [5.74, 6) is 0.946. The maximum atomic E-state index is 5.63. The summed E-state index contributed by atoms with van der Waals surface area (Å²) in [6.45, 7) is 10.9. The third-order valence-corrected chi connectivity index (χ3v) is 7.64. The van der Waals surface area contributed by atoms with E-state index in [4.69, 9.17) is 4.74 Å². The van der Waals surface area contributed by atoms with Crippen LogP contribution < -0.4 is 4.74 Å². The predicted molar refractivity (Wildman–Crippen MR) is 162 cm³/mol. The largest absolute Gasteiger partial charge is 0.488 e. The van der Waals surface area contributed by atoms with Crippen molar-refractivity contribution in [1.29, 1.82) is 0 Å². The number of hydrogen-bond donors (Lipinski definition) is 2. The first-order valence-electron chi connectivity index (χ1n) is 13.8. The number of aryl methyl sites for hydroxylation is 5. The highest BCUT2D eigenvalue weighted by atomic mass is 16.5. The van der Waals surface area contributed by atoms with Crippen molar-refractivity contribution >= 4 is 6.08 Å². The average molecular weight is 527 g/mol. The van der Waals surface area contributed by atoms with Gasteiger partial charge in [0, 0.05) is 16.7 Å². The SMILES string of the molecule is C=C1C=Cc2cc(C)ccc2C1.Cc1ccc2c(c1)CCc1cn[nH]c1-2.Cc1ccc2c(c1)OCc1cn[nH]c1-2. The quantitative estimate of drug-likeness (QED) is 0.216. The maximum absolute atomic E-state index is 5.63. The van der Waals surface area contributed by atoms with E-state index in [0.29, 0.717) is 6.61 Å². The Bertz CT molecular complexity index is 1640. The average Bonchev–Trinajstić information content (AvgIpc) is 3.64. The van der Waals surface area contributed by atoms with Gasteiger partial charge in [-0.1, -0.05) is 77.9 Å². The Morgan fingerprint density at radius 3 is 2.15 bits per heavy atom. The van der Waals surface area contributed by atoms with E-state index in [1.807, 2.05) is 12.4 Å². The first-order valence-corrected chi connectivity index (χ1v) is 13.8. The summed E-state index contributed by atoms with van der Waals surface area (Å²) in [5.41, 5.74) is 16.5. The second-order valence-electron chi connectivity index (χ2n) is 10.9. The molecule has 0 amide bonds. The Morgan fingerprint density at radius 1 is 0.675 bits per heavy atom. The number of H-pyrrole nitrogens is 2. The second kappa shape index (κ2) is 10.9. The van der Waals surface area contributed by atoms with Gasteiger partial charge >= 0.3 is 0 Å². The Labute approximate surface area is 235 Å². The fourth-order valence-corrected chi connectivity index (χ4v) is 5.48. The van der Waals surface area contributed by atoms with Gasteiger partial charge < -0.3 is 4.74 Å². The zero-order valence-corrected chi connectivity index (χ0v) is 23.3. The molecule has 0 unspecified atom stereocenters. The van der Waals surface area contributed by atoms with Crippen molar-refractivity contribution in [1.82, 2.24) is 20.4 Å². The summed E-state index contributed by atoms with van der Waals surface area (Å²) in [6, 6.07) is 19.4. The molecule has 40 heavy (non-hydrogen) atoms. The van der Waals surface area contributed by atoms with Gasteiger partial charge in [0.2, 0.25) is 0 Å². The number of aromatic amines is 2. The van der Waals surface area contributed by atoms with E-state index in [-0.39, 0.29) is 0 Å². The van der Waals surface area contributed by atoms with Crippen LogP contribution in [0.15, 0.2) is 85.2 Å². The van der Waals surface area contributed by atoms with Crippen LogP contribution in [0.2, 0.25) is 0 Å². The molecule has 8 rings (SSSR count). The molecule has 5 aromatic rings. The number of nitrogens with zero attached hydrogens (tertiary/aromatic N) is 2. The molecule has 3 aromatic carbocycles. The zero-order chi connectivity index (χ0) is 27.6. The molecule has 0 spiro atoms. The number of hydrogen-bond acceptors (Lipinski definition) is 3. The van der Waals surface area contributed by atoms with Crippen molar-refractivity contribution in [2.24, 2.45) is 0 Å². The number of nitrogens with one attached hydrogen (secondary N) is 2. The summed E-state index contributed by atoms with van der Waals surface area (Å²) < 4.78 is 5.63. The molecular weight excluding hydrogens is 492 g/mol. The molecule has 0 fully saturated rings. The molecule has 0 saturated carbocycles. The van der Waals surface area contributed by atoms with Gasteiger partial charge in [0.15, 0.2) is 0 Å². The van der Waals surface area contributed by atoms with Gasteiger partial charge in [0.05, 0.1) is 23.8 Å². The van der Waals surface area contributed by atoms with Gasteiger partial charge in [-0.25, -0.2) is 0 Å². The highest BCUT2D eigenvalue weighted by Crippen LogP contribution is 2.36. The molecule has 5 heteroatoms. The maximum Gasteiger partial charge on any atom is 0.129 e. The van der Waals surface area contributed by atoms with Gasteiger partial charge in [-0.3, -0.25) is 10.2 Å². The smallest absolute Gasteiger partial charge is 0.129 e. The van der Waals surface area contributed by atoms with Crippen molar-refractivity contribution in [2.75, 3.05) is 0 Å². The number of ether oxygens (including phenoxy) is 1. The lowest BCUT2D eigenvalue weighted by atomic mass is 9.89. The van der Waals surface area contributed by atoms with Gasteiger partial charge in [-0.05, 0) is 80.0 Å². The van der Waals surface area contributed by atoms with E-state index in [1.165, 1.54) is 55.8 Å². The van der Waals surface area contributed by atoms with E-state index in [2.05, 4.69) is 114 Å². The van der Waals surface area contributed by atoms with E-state index >= 15 is 0 Å². The minimum Gasteiger partial charge on any atom is -0.488 e. The molecule has 0 bridgehead atoms. The topological polar surface area (TPSA) is 66.6 Å². The molecule has 2 aliphatic carbocycles. The van der Waals surface area contributed by atoms with Crippen molar-refractivity contribution in [3.63, 3.8) is 0 Å². The molecule has 200 valence electrons. The summed E-state index contributed by atoms with van der Waals surface area (Å²) in [4.78, 5) is 0. The Balaban J connectivity index is 0.000000109. The number of aromatic nitrogens is 4. The number of rotatable bonds is 0. The van der Waals surface area contributed by atoms with Crippen LogP contribution in [-0.2, 0) is 25.9 Å². The summed E-state index contributed by atoms with van der Waals surface area (Å²) in [6.07, 6.45) is 11.3. The van der Waals surface area contributed by atoms with Gasteiger partial charge in [0.25, 0.3) is 0 Å². The van der Waals surface area contributed by atoms with E-state index in [1.54, 1.807) is 0 Å². The molecule has 3 aliphatic rings. The highest BCUT2D eigenvalue weighted by Gasteiger charge is 2.19. The molecule has 2 N–H and O–H groups in total. The molecule has 0 radical (unpaired) electrons. The Hall–Kier alpha value is -4.64. The molecule has 1 aliphatic heterocycles. The number of fused-ring (bicyclic) bond motifs is 7. The van der Waals surface area contributed by atoms with E-state index in [0.717, 1.165) is 41.8 Å². The van der Waals surface area contributed by atoms with Crippen LogP contribution in [0.4, 0.5) is 0 Å². The van der Waals surface area contributed by atoms with Gasteiger partial charge in [-0.2, -0.15) is 10.2 Å². The third-order valence-electron chi connectivity index (χ3n) is 7.64. The minimum absolute atomic E-state index is 0.613. The Kier molecular flexibility index (Phi) is 6.95. The predicted octanol–water partition coefficient (Wildman–Crippen LogP) is 7.88. The van der Waals surface area contributed by atoms with Gasteiger partial charge in [0.1, 0.15) is 12.4 Å². The van der Waals surface area contributed by atoms with Crippen molar-refractivity contribution in [2.45, 2.75) is 46.6 Å². The molecule has 0 saturated heterocycles. The summed E-state index contributed by atoms with van der Waals surface area (Å²) in [5, 5.41) is 14.2. The van der Waals surface area contributed by atoms with Crippen molar-refractivity contribution in [3.8, 4) is 28.3 Å². The molecule has 3 heterocycles. The van der Waals surface area contributed by atoms with Crippen LogP contribution in [-0.4, -0.2) is 20.4 Å². The van der Waals surface area contributed by atoms with Crippen molar-refractivity contribution < 1.29 is 4.74 Å². The third kappa shape index (κ3) is 5.28. The fourth-order valence-electron chi connectivity index (χ4n) is 5.48. The first-order chi connectivity index (χ1) is 19.4. The lowest BCUT2D eigenvalue weighted by Gasteiger charge is -2.17. The van der Waals surface area contributed by atoms with Crippen LogP contribution in [0.25, 0.3) is 28.6 Å². The Morgan fingerprint density at radius 2 is 1.32 bits per heavy atom. The first kappa shape index (κ1) is 25.6. The standard InChI is InChI=1S/C12H12N2.C12H12.C11H10N2O/c1-8-2-5-11-9(6-8)3-4-10-7-13-14-12(10)11;1-9-3-5-12-8-10(2)4-6-11(12)7-9;1-7-2-3-9-10(4-7)14-6-8-5-12-13-11(8)9/h2,5-7H,3-4H2,1H3,(H,13,14);3-6,8H,1,7H2,2H3;2-5H,6H2,1H3,(H,12,13). The minimum atomic E-state index is 0.613. The van der Waals surface area contributed by atoms with Crippen LogP contribution in [0.5, 0.6) is 5.75 Å². The number of benzene rings is 3. The molecule has 5 nitrogen and oxygen atoms in total. The second-order valence-corrected chi connectivity index (χ2v) is 10.9. The van der Waals surface area contributed by atoms with Crippen LogP contribution >= 0.6 is 0 Å².